The molecule has 0 aliphatic carbocycles. The van der Waals surface area contributed by atoms with Gasteiger partial charge in [0, 0.05) is 0 Å². The standard InChI is InChI=1S/C8H6BrN3O/c9-6-2-1-3-7(11-6)12-8(13)4-5-10/h1-3H,4H2,(H,11,12,13). The van der Waals surface area contributed by atoms with Crippen LogP contribution < -0.4 is 5.32 Å². The van der Waals surface area contributed by atoms with Crippen LogP contribution in [0.25, 0.3) is 0 Å². The summed E-state index contributed by atoms with van der Waals surface area (Å²) in [7, 11) is 0. The Balaban J connectivity index is 2.65. The minimum atomic E-state index is -0.354. The average molecular weight is 240 g/mol. The lowest BCUT2D eigenvalue weighted by atomic mass is 10.4. The van der Waals surface area contributed by atoms with Crippen molar-refractivity contribution in [2.75, 3.05) is 5.32 Å². The molecular weight excluding hydrogens is 234 g/mol. The molecule has 0 aliphatic rings. The molecule has 1 aromatic heterocycles. The summed E-state index contributed by atoms with van der Waals surface area (Å²) >= 11 is 3.16. The van der Waals surface area contributed by atoms with E-state index >= 15 is 0 Å². The lowest BCUT2D eigenvalue weighted by molar-refractivity contribution is -0.115. The van der Waals surface area contributed by atoms with Gasteiger partial charge in [-0.3, -0.25) is 4.79 Å². The molecule has 13 heavy (non-hydrogen) atoms. The third kappa shape index (κ3) is 3.22. The van der Waals surface area contributed by atoms with Gasteiger partial charge in [-0.25, -0.2) is 4.98 Å². The number of hydrogen-bond donors (Lipinski definition) is 1. The summed E-state index contributed by atoms with van der Waals surface area (Å²) in [6, 6.07) is 6.90. The van der Waals surface area contributed by atoms with E-state index < -0.39 is 0 Å². The molecule has 1 amide bonds. The fourth-order valence-corrected chi connectivity index (χ4v) is 1.08. The van der Waals surface area contributed by atoms with Gasteiger partial charge in [0.25, 0.3) is 0 Å². The van der Waals surface area contributed by atoms with Crippen LogP contribution in [0.3, 0.4) is 0 Å². The lowest BCUT2D eigenvalue weighted by Gasteiger charge is -2.00. The molecular formula is C8H6BrN3O. The quantitative estimate of drug-likeness (QED) is 0.800. The third-order valence-electron chi connectivity index (χ3n) is 1.22. The van der Waals surface area contributed by atoms with Gasteiger partial charge < -0.3 is 5.32 Å². The molecule has 0 unspecified atom stereocenters. The Morgan fingerprint density at radius 3 is 3.08 bits per heavy atom. The molecule has 1 N–H and O–H groups in total. The number of carbonyl (C=O) groups is 1. The maximum atomic E-state index is 10.9. The molecule has 0 spiro atoms. The molecule has 1 aromatic rings. The zero-order valence-corrected chi connectivity index (χ0v) is 8.21. The van der Waals surface area contributed by atoms with Crippen LogP contribution in [0.15, 0.2) is 22.8 Å². The van der Waals surface area contributed by atoms with E-state index in [9.17, 15) is 4.79 Å². The number of nitrogens with zero attached hydrogens (tertiary/aromatic N) is 2. The van der Waals surface area contributed by atoms with Crippen LogP contribution in [0.5, 0.6) is 0 Å². The van der Waals surface area contributed by atoms with E-state index in [2.05, 4.69) is 26.2 Å². The molecule has 1 heterocycles. The van der Waals surface area contributed by atoms with E-state index in [1.807, 2.05) is 0 Å². The summed E-state index contributed by atoms with van der Waals surface area (Å²) in [6.45, 7) is 0. The van der Waals surface area contributed by atoms with Crippen molar-refractivity contribution in [3.8, 4) is 6.07 Å². The van der Waals surface area contributed by atoms with Gasteiger partial charge in [-0.2, -0.15) is 5.26 Å². The van der Waals surface area contributed by atoms with E-state index in [0.717, 1.165) is 0 Å². The number of aromatic nitrogens is 1. The van der Waals surface area contributed by atoms with E-state index in [0.29, 0.717) is 10.4 Å². The van der Waals surface area contributed by atoms with Crippen LogP contribution in [0.2, 0.25) is 0 Å². The first-order valence-corrected chi connectivity index (χ1v) is 4.31. The Kier molecular flexibility index (Phi) is 3.41. The summed E-state index contributed by atoms with van der Waals surface area (Å²) in [6.07, 6.45) is -0.159. The number of halogens is 1. The van der Waals surface area contributed by atoms with Gasteiger partial charge in [0.2, 0.25) is 5.91 Å². The fraction of sp³-hybridized carbons (Fsp3) is 0.125. The van der Waals surface area contributed by atoms with Gasteiger partial charge in [-0.1, -0.05) is 6.07 Å². The van der Waals surface area contributed by atoms with Crippen LogP contribution in [0.1, 0.15) is 6.42 Å². The predicted octanol–water partition coefficient (Wildman–Crippen LogP) is 1.70. The van der Waals surface area contributed by atoms with Crippen molar-refractivity contribution in [3.05, 3.63) is 22.8 Å². The van der Waals surface area contributed by atoms with Crippen molar-refractivity contribution in [2.45, 2.75) is 6.42 Å². The predicted molar refractivity (Wildman–Crippen MR) is 50.8 cm³/mol. The second-order valence-corrected chi connectivity index (χ2v) is 3.04. The second-order valence-electron chi connectivity index (χ2n) is 2.23. The normalized spacial score (nSPS) is 8.92. The minimum Gasteiger partial charge on any atom is -0.310 e. The van der Waals surface area contributed by atoms with E-state index in [1.165, 1.54) is 0 Å². The molecule has 0 aliphatic heterocycles. The Morgan fingerprint density at radius 1 is 1.69 bits per heavy atom. The summed E-state index contributed by atoms with van der Waals surface area (Å²) < 4.78 is 0.641. The number of pyridine rings is 1. The molecule has 4 nitrogen and oxygen atoms in total. The molecule has 0 radical (unpaired) electrons. The van der Waals surface area contributed by atoms with E-state index in [4.69, 9.17) is 5.26 Å². The molecule has 1 rings (SSSR count). The first-order chi connectivity index (χ1) is 6.22. The number of anilines is 1. The number of carbonyl (C=O) groups excluding carboxylic acids is 1. The largest absolute Gasteiger partial charge is 0.310 e. The smallest absolute Gasteiger partial charge is 0.239 e. The highest BCUT2D eigenvalue weighted by atomic mass is 79.9. The van der Waals surface area contributed by atoms with E-state index in [1.54, 1.807) is 24.3 Å². The van der Waals surface area contributed by atoms with Crippen molar-refractivity contribution >= 4 is 27.7 Å². The van der Waals surface area contributed by atoms with Crippen molar-refractivity contribution in [2.24, 2.45) is 0 Å². The summed E-state index contributed by atoms with van der Waals surface area (Å²) in [5, 5.41) is 10.7. The highest BCUT2D eigenvalue weighted by Crippen LogP contribution is 2.09. The first-order valence-electron chi connectivity index (χ1n) is 3.52. The Morgan fingerprint density at radius 2 is 2.46 bits per heavy atom. The Bertz CT molecular complexity index is 359. The molecule has 66 valence electrons. The maximum Gasteiger partial charge on any atom is 0.239 e. The Labute approximate surface area is 83.7 Å². The van der Waals surface area contributed by atoms with Crippen LogP contribution in [-0.2, 0) is 4.79 Å². The van der Waals surface area contributed by atoms with Gasteiger partial charge in [0.15, 0.2) is 0 Å². The third-order valence-corrected chi connectivity index (χ3v) is 1.66. The molecule has 0 saturated carbocycles. The van der Waals surface area contributed by atoms with Crippen molar-refractivity contribution in [1.82, 2.24) is 4.98 Å². The van der Waals surface area contributed by atoms with Crippen molar-refractivity contribution in [1.29, 1.82) is 5.26 Å². The van der Waals surface area contributed by atoms with Crippen molar-refractivity contribution in [3.63, 3.8) is 0 Å². The topological polar surface area (TPSA) is 65.8 Å². The summed E-state index contributed by atoms with van der Waals surface area (Å²) in [5.74, 6) is 0.0859. The van der Waals surface area contributed by atoms with Crippen molar-refractivity contribution < 1.29 is 4.79 Å². The van der Waals surface area contributed by atoms with Crippen LogP contribution in [0, 0.1) is 11.3 Å². The minimum absolute atomic E-state index is 0.159. The van der Waals surface area contributed by atoms with Gasteiger partial charge in [0.1, 0.15) is 16.8 Å². The average Bonchev–Trinajstić information content (AvgIpc) is 2.04. The molecule has 0 atom stereocenters. The first kappa shape index (κ1) is 9.68. The highest BCUT2D eigenvalue weighted by Gasteiger charge is 2.01. The number of hydrogen-bond acceptors (Lipinski definition) is 3. The molecule has 5 heteroatoms. The molecule has 0 aromatic carbocycles. The zero-order valence-electron chi connectivity index (χ0n) is 6.62. The van der Waals surface area contributed by atoms with Gasteiger partial charge in [-0.05, 0) is 28.1 Å². The summed E-state index contributed by atoms with van der Waals surface area (Å²) in [4.78, 5) is 14.9. The van der Waals surface area contributed by atoms with E-state index in [-0.39, 0.29) is 12.3 Å². The number of nitriles is 1. The van der Waals surface area contributed by atoms with Gasteiger partial charge in [-0.15, -0.1) is 0 Å². The number of rotatable bonds is 2. The molecule has 0 fully saturated rings. The molecule has 0 saturated heterocycles. The number of amides is 1. The van der Waals surface area contributed by atoms with Gasteiger partial charge in [0.05, 0.1) is 6.07 Å². The van der Waals surface area contributed by atoms with Gasteiger partial charge >= 0.3 is 0 Å². The zero-order chi connectivity index (χ0) is 9.68. The molecule has 0 bridgehead atoms. The Hall–Kier alpha value is -1.41. The fourth-order valence-electron chi connectivity index (χ4n) is 0.737. The van der Waals surface area contributed by atoms with Crippen LogP contribution in [0.4, 0.5) is 5.82 Å². The summed E-state index contributed by atoms with van der Waals surface area (Å²) in [5.41, 5.74) is 0. The lowest BCUT2D eigenvalue weighted by Crippen LogP contribution is -2.11. The second kappa shape index (κ2) is 4.58. The van der Waals surface area contributed by atoms with Crippen LogP contribution >= 0.6 is 15.9 Å². The highest BCUT2D eigenvalue weighted by molar-refractivity contribution is 9.10. The maximum absolute atomic E-state index is 10.9. The number of nitrogens with one attached hydrogen (secondary N) is 1. The van der Waals surface area contributed by atoms with Crippen LogP contribution in [-0.4, -0.2) is 10.9 Å². The SMILES string of the molecule is N#CCC(=O)Nc1cccc(Br)n1. The monoisotopic (exact) mass is 239 g/mol.